The number of rotatable bonds is 5. The van der Waals surface area contributed by atoms with Crippen LogP contribution in [-0.4, -0.2) is 51.5 Å². The van der Waals surface area contributed by atoms with Crippen LogP contribution in [0.25, 0.3) is 0 Å². The predicted octanol–water partition coefficient (Wildman–Crippen LogP) is 1.43. The number of ether oxygens (including phenoxy) is 1. The number of esters is 1. The van der Waals surface area contributed by atoms with Crippen molar-refractivity contribution in [2.75, 3.05) is 29.6 Å². The average molecular weight is 328 g/mol. The van der Waals surface area contributed by atoms with Gasteiger partial charge in [-0.2, -0.15) is 23.5 Å². The summed E-state index contributed by atoms with van der Waals surface area (Å²) in [5.74, 6) is 2.64. The zero-order valence-corrected chi connectivity index (χ0v) is 12.8. The predicted molar refractivity (Wildman–Crippen MR) is 76.3 cm³/mol. The van der Waals surface area contributed by atoms with Gasteiger partial charge in [-0.1, -0.05) is 12.2 Å². The van der Waals surface area contributed by atoms with E-state index < -0.39 is 13.8 Å². The molecular weight excluding hydrogens is 311 g/mol. The normalized spacial score (nSPS) is 18.7. The van der Waals surface area contributed by atoms with E-state index in [2.05, 4.69) is 11.1 Å². The second-order valence-corrected chi connectivity index (χ2v) is 7.27. The van der Waals surface area contributed by atoms with E-state index in [1.807, 2.05) is 0 Å². The minimum absolute atomic E-state index is 0.163. The lowest BCUT2D eigenvalue weighted by Crippen LogP contribution is -2.25. The first-order valence-electron chi connectivity index (χ1n) is 5.58. The van der Waals surface area contributed by atoms with E-state index in [1.165, 1.54) is 5.57 Å². The third kappa shape index (κ3) is 8.73. The largest absolute Gasteiger partial charge is 0.469 e. The van der Waals surface area contributed by atoms with Crippen LogP contribution in [0, 0.1) is 0 Å². The Labute approximate surface area is 120 Å². The molecule has 0 aromatic carbocycles. The fourth-order valence-corrected chi connectivity index (χ4v) is 3.84. The van der Waals surface area contributed by atoms with Crippen molar-refractivity contribution in [3.05, 3.63) is 12.2 Å². The van der Waals surface area contributed by atoms with Gasteiger partial charge in [0.25, 0.3) is 0 Å². The molecule has 2 N–H and O–H groups in total. The van der Waals surface area contributed by atoms with Crippen LogP contribution in [0.4, 0.5) is 0 Å². The number of thioether (sulfide) groups is 2. The van der Waals surface area contributed by atoms with Crippen LogP contribution in [-0.2, 0) is 18.6 Å². The van der Waals surface area contributed by atoms with Crippen molar-refractivity contribution in [2.45, 2.75) is 12.5 Å². The molecule has 1 heterocycles. The molecule has 0 atom stereocenters. The Morgan fingerprint density at radius 1 is 1.37 bits per heavy atom. The molecule has 110 valence electrons. The minimum Gasteiger partial charge on any atom is -0.461 e. The smallest absolute Gasteiger partial charge is 0.461 e. The lowest BCUT2D eigenvalue weighted by atomic mass is 10.4. The summed E-state index contributed by atoms with van der Waals surface area (Å²) in [4.78, 5) is 28.4. The van der Waals surface area contributed by atoms with Crippen molar-refractivity contribution >= 4 is 37.3 Å². The summed E-state index contributed by atoms with van der Waals surface area (Å²) in [6.45, 7) is 3.59. The monoisotopic (exact) mass is 328 g/mol. The van der Waals surface area contributed by atoms with Gasteiger partial charge in [-0.25, -0.2) is 4.57 Å². The molecule has 0 radical (unpaired) electrons. The van der Waals surface area contributed by atoms with E-state index in [9.17, 15) is 9.36 Å². The highest BCUT2D eigenvalue weighted by atomic mass is 32.2. The highest BCUT2D eigenvalue weighted by Crippen LogP contribution is 2.35. The van der Waals surface area contributed by atoms with Gasteiger partial charge in [-0.15, -0.1) is 0 Å². The summed E-state index contributed by atoms with van der Waals surface area (Å²) in [6.07, 6.45) is -0.338. The highest BCUT2D eigenvalue weighted by molar-refractivity contribution is 8.01. The van der Waals surface area contributed by atoms with E-state index in [1.54, 1.807) is 23.5 Å². The van der Waals surface area contributed by atoms with Crippen molar-refractivity contribution in [1.82, 2.24) is 0 Å². The number of hydrogen-bond donors (Lipinski definition) is 2. The standard InChI is InChI=1S/C10H17O6PS2/c1-8-4-18-6-9(7-19-5-8)16-10(11)2-3-15-17(12,13)14/h9H,1-7H2,(H2,12,13,14). The molecule has 0 amide bonds. The Morgan fingerprint density at radius 2 is 1.95 bits per heavy atom. The molecule has 0 spiro atoms. The number of hydrogen-bond acceptors (Lipinski definition) is 6. The van der Waals surface area contributed by atoms with Crippen LogP contribution in [0.3, 0.4) is 0 Å². The van der Waals surface area contributed by atoms with Crippen LogP contribution in [0.1, 0.15) is 6.42 Å². The Morgan fingerprint density at radius 3 is 2.47 bits per heavy atom. The molecule has 0 aromatic rings. The Bertz CT molecular complexity index is 357. The topological polar surface area (TPSA) is 93.1 Å². The number of phosphoric ester groups is 1. The molecule has 1 saturated heterocycles. The summed E-state index contributed by atoms with van der Waals surface area (Å²) >= 11 is 3.34. The van der Waals surface area contributed by atoms with Gasteiger partial charge in [-0.3, -0.25) is 9.32 Å². The summed E-state index contributed by atoms with van der Waals surface area (Å²) in [6, 6.07) is 0. The molecule has 6 nitrogen and oxygen atoms in total. The second kappa shape index (κ2) is 8.34. The Hall–Kier alpha value is 0.0200. The maximum atomic E-state index is 11.5. The SMILES string of the molecule is C=C1CSCC(OC(=O)CCOP(=O)(O)O)CSC1. The van der Waals surface area contributed by atoms with Gasteiger partial charge in [-0.05, 0) is 0 Å². The molecule has 1 rings (SSSR count). The van der Waals surface area contributed by atoms with E-state index >= 15 is 0 Å². The second-order valence-electron chi connectivity index (χ2n) is 3.97. The fourth-order valence-electron chi connectivity index (χ4n) is 1.32. The molecular formula is C10H17O6PS2. The van der Waals surface area contributed by atoms with E-state index in [4.69, 9.17) is 14.5 Å². The third-order valence-corrected chi connectivity index (χ3v) is 5.04. The zero-order chi connectivity index (χ0) is 14.3. The van der Waals surface area contributed by atoms with E-state index in [-0.39, 0.29) is 19.1 Å². The third-order valence-electron chi connectivity index (χ3n) is 2.08. The van der Waals surface area contributed by atoms with Gasteiger partial charge in [0.15, 0.2) is 0 Å². The minimum atomic E-state index is -4.51. The molecule has 1 aliphatic rings. The van der Waals surface area contributed by atoms with E-state index in [0.717, 1.165) is 11.5 Å². The van der Waals surface area contributed by atoms with Gasteiger partial charge >= 0.3 is 13.8 Å². The first-order valence-corrected chi connectivity index (χ1v) is 9.42. The summed E-state index contributed by atoms with van der Waals surface area (Å²) in [5, 5.41) is 0. The van der Waals surface area contributed by atoms with Crippen molar-refractivity contribution in [3.8, 4) is 0 Å². The van der Waals surface area contributed by atoms with E-state index in [0.29, 0.717) is 11.5 Å². The van der Waals surface area contributed by atoms with Crippen LogP contribution in [0.5, 0.6) is 0 Å². The molecule has 0 aliphatic carbocycles. The molecule has 9 heteroatoms. The molecule has 0 bridgehead atoms. The summed E-state index contributed by atoms with van der Waals surface area (Å²) in [7, 11) is -4.51. The lowest BCUT2D eigenvalue weighted by molar-refractivity contribution is -0.147. The average Bonchev–Trinajstić information content (AvgIpc) is 2.24. The van der Waals surface area contributed by atoms with Crippen LogP contribution < -0.4 is 0 Å². The summed E-state index contributed by atoms with van der Waals surface area (Å²) in [5.41, 5.74) is 1.18. The van der Waals surface area contributed by atoms with Crippen molar-refractivity contribution in [2.24, 2.45) is 0 Å². The zero-order valence-electron chi connectivity index (χ0n) is 10.3. The number of phosphoric acid groups is 1. The first kappa shape index (κ1) is 17.1. The van der Waals surface area contributed by atoms with Crippen LogP contribution in [0.2, 0.25) is 0 Å². The quantitative estimate of drug-likeness (QED) is 0.445. The number of carbonyl (C=O) groups is 1. The maximum absolute atomic E-state index is 11.5. The van der Waals surface area contributed by atoms with Gasteiger partial charge in [0.05, 0.1) is 13.0 Å². The molecule has 0 unspecified atom stereocenters. The molecule has 1 fully saturated rings. The molecule has 0 aromatic heterocycles. The van der Waals surface area contributed by atoms with Gasteiger partial charge in [0.2, 0.25) is 0 Å². The molecule has 1 aliphatic heterocycles. The van der Waals surface area contributed by atoms with Crippen molar-refractivity contribution in [1.29, 1.82) is 0 Å². The maximum Gasteiger partial charge on any atom is 0.469 e. The summed E-state index contributed by atoms with van der Waals surface area (Å²) < 4.78 is 19.8. The first-order chi connectivity index (χ1) is 8.87. The van der Waals surface area contributed by atoms with Crippen LogP contribution >= 0.6 is 31.3 Å². The molecule has 0 saturated carbocycles. The van der Waals surface area contributed by atoms with Gasteiger partial charge in [0, 0.05) is 23.0 Å². The lowest BCUT2D eigenvalue weighted by Gasteiger charge is -2.20. The van der Waals surface area contributed by atoms with Crippen molar-refractivity contribution in [3.63, 3.8) is 0 Å². The molecule has 19 heavy (non-hydrogen) atoms. The van der Waals surface area contributed by atoms with Gasteiger partial charge in [0.1, 0.15) is 6.10 Å². The highest BCUT2D eigenvalue weighted by Gasteiger charge is 2.19. The van der Waals surface area contributed by atoms with Gasteiger partial charge < -0.3 is 14.5 Å². The van der Waals surface area contributed by atoms with Crippen molar-refractivity contribution < 1.29 is 28.4 Å². The fraction of sp³-hybridized carbons (Fsp3) is 0.700. The Balaban J connectivity index is 2.23. The van der Waals surface area contributed by atoms with Crippen LogP contribution in [0.15, 0.2) is 12.2 Å². The Kier molecular flexibility index (Phi) is 7.49. The number of carbonyl (C=O) groups excluding carboxylic acids is 1.